The fraction of sp³-hybridized carbons (Fsp3) is 0.500. The van der Waals surface area contributed by atoms with Gasteiger partial charge in [-0.05, 0) is 40.5 Å². The molecule has 1 fully saturated rings. The van der Waals surface area contributed by atoms with Crippen LogP contribution in [-0.2, 0) is 9.59 Å². The van der Waals surface area contributed by atoms with Crippen molar-refractivity contribution in [2.75, 3.05) is 0 Å². The van der Waals surface area contributed by atoms with Gasteiger partial charge in [-0.15, -0.1) is 0 Å². The highest BCUT2D eigenvalue weighted by Gasteiger charge is 2.38. The molecule has 27 heavy (non-hydrogen) atoms. The molecule has 1 aromatic rings. The van der Waals surface area contributed by atoms with E-state index in [0.29, 0.717) is 18.4 Å². The quantitative estimate of drug-likeness (QED) is 0.318. The van der Waals surface area contributed by atoms with Crippen molar-refractivity contribution in [3.63, 3.8) is 0 Å². The average Bonchev–Trinajstić information content (AvgIpc) is 2.51. The van der Waals surface area contributed by atoms with E-state index in [1.54, 1.807) is 6.07 Å². The molecular weight excluding hydrogens is 350 g/mol. The summed E-state index contributed by atoms with van der Waals surface area (Å²) in [6.45, 7) is 8.21. The van der Waals surface area contributed by atoms with E-state index in [1.807, 2.05) is 0 Å². The van der Waals surface area contributed by atoms with Crippen LogP contribution in [0.15, 0.2) is 29.4 Å². The number of benzene rings is 1. The first-order chi connectivity index (χ1) is 12.5. The van der Waals surface area contributed by atoms with Gasteiger partial charge in [0.1, 0.15) is 0 Å². The van der Waals surface area contributed by atoms with Gasteiger partial charge in [-0.25, -0.2) is 5.43 Å². The number of nitrogens with zero attached hydrogens (tertiary/aromatic N) is 2. The zero-order valence-corrected chi connectivity index (χ0v) is 15.9. The van der Waals surface area contributed by atoms with Crippen LogP contribution in [0.3, 0.4) is 0 Å². The minimum absolute atomic E-state index is 0.0841. The van der Waals surface area contributed by atoms with Gasteiger partial charge in [-0.3, -0.25) is 19.7 Å². The van der Waals surface area contributed by atoms with Gasteiger partial charge in [0.15, 0.2) is 0 Å². The number of hydrazone groups is 1. The summed E-state index contributed by atoms with van der Waals surface area (Å²) >= 11 is 0. The Balaban J connectivity index is 1.91. The maximum atomic E-state index is 12.1. The summed E-state index contributed by atoms with van der Waals surface area (Å²) in [6, 6.07) is 5.65. The highest BCUT2D eigenvalue weighted by molar-refractivity contribution is 6.35. The zero-order valence-electron chi connectivity index (χ0n) is 15.9. The predicted octanol–water partition coefficient (Wildman–Crippen LogP) is 1.47. The molecule has 1 aliphatic heterocycles. The zero-order chi connectivity index (χ0) is 20.2. The molecule has 0 saturated carbocycles. The van der Waals surface area contributed by atoms with Crippen molar-refractivity contribution < 1.29 is 14.5 Å². The van der Waals surface area contributed by atoms with Crippen LogP contribution in [0.4, 0.5) is 5.69 Å². The lowest BCUT2D eigenvalue weighted by molar-refractivity contribution is -0.384. The van der Waals surface area contributed by atoms with Crippen LogP contribution < -0.4 is 16.1 Å². The second-order valence-corrected chi connectivity index (χ2v) is 8.02. The molecule has 1 aliphatic rings. The van der Waals surface area contributed by atoms with Crippen LogP contribution in [0.2, 0.25) is 0 Å². The standard InChI is InChI=1S/C18H25N5O4/c1-17(2)9-13(10-18(3,4)22-17)20-15(24)16(25)21-19-11-12-6-5-7-14(8-12)23(26)27/h5-8,11,13,22H,9-10H2,1-4H3,(H,20,24)(H,21,25)/b19-11-. The van der Waals surface area contributed by atoms with Crippen molar-refractivity contribution in [1.29, 1.82) is 0 Å². The number of piperidine rings is 1. The van der Waals surface area contributed by atoms with Crippen LogP contribution in [0.1, 0.15) is 46.1 Å². The van der Waals surface area contributed by atoms with E-state index in [4.69, 9.17) is 0 Å². The summed E-state index contributed by atoms with van der Waals surface area (Å²) in [7, 11) is 0. The Morgan fingerprint density at radius 2 is 1.85 bits per heavy atom. The minimum Gasteiger partial charge on any atom is -0.345 e. The van der Waals surface area contributed by atoms with Gasteiger partial charge < -0.3 is 10.6 Å². The van der Waals surface area contributed by atoms with Crippen molar-refractivity contribution >= 4 is 23.7 Å². The Labute approximate surface area is 157 Å². The molecule has 146 valence electrons. The Bertz CT molecular complexity index is 757. The Morgan fingerprint density at radius 3 is 2.44 bits per heavy atom. The number of carbonyl (C=O) groups excluding carboxylic acids is 2. The second kappa shape index (κ2) is 7.83. The Kier molecular flexibility index (Phi) is 5.94. The van der Waals surface area contributed by atoms with E-state index in [2.05, 4.69) is 48.9 Å². The predicted molar refractivity (Wildman–Crippen MR) is 101 cm³/mol. The number of non-ortho nitro benzene ring substituents is 1. The van der Waals surface area contributed by atoms with E-state index in [-0.39, 0.29) is 22.8 Å². The smallest absolute Gasteiger partial charge is 0.329 e. The molecule has 9 heteroatoms. The van der Waals surface area contributed by atoms with Crippen LogP contribution in [0.5, 0.6) is 0 Å². The van der Waals surface area contributed by atoms with Gasteiger partial charge >= 0.3 is 11.8 Å². The first-order valence-corrected chi connectivity index (χ1v) is 8.65. The molecule has 1 saturated heterocycles. The molecular formula is C18H25N5O4. The summed E-state index contributed by atoms with van der Waals surface area (Å²) in [5.74, 6) is -1.64. The van der Waals surface area contributed by atoms with E-state index < -0.39 is 16.7 Å². The lowest BCUT2D eigenvalue weighted by atomic mass is 9.79. The molecule has 0 radical (unpaired) electrons. The Hall–Kier alpha value is -2.81. The van der Waals surface area contributed by atoms with Gasteiger partial charge in [0.2, 0.25) is 0 Å². The van der Waals surface area contributed by atoms with Crippen LogP contribution in [-0.4, -0.2) is 40.1 Å². The topological polar surface area (TPSA) is 126 Å². The third kappa shape index (κ3) is 6.14. The van der Waals surface area contributed by atoms with Crippen LogP contribution >= 0.6 is 0 Å². The van der Waals surface area contributed by atoms with E-state index in [1.165, 1.54) is 24.4 Å². The maximum Gasteiger partial charge on any atom is 0.329 e. The molecule has 0 atom stereocenters. The molecule has 1 aromatic carbocycles. The van der Waals surface area contributed by atoms with E-state index in [0.717, 1.165) is 0 Å². The first-order valence-electron chi connectivity index (χ1n) is 8.65. The highest BCUT2D eigenvalue weighted by Crippen LogP contribution is 2.28. The molecule has 9 nitrogen and oxygen atoms in total. The molecule has 2 amide bonds. The van der Waals surface area contributed by atoms with Crippen LogP contribution in [0.25, 0.3) is 0 Å². The third-order valence-corrected chi connectivity index (χ3v) is 4.19. The van der Waals surface area contributed by atoms with Gasteiger partial charge in [-0.1, -0.05) is 12.1 Å². The number of nitro benzene ring substituents is 1. The summed E-state index contributed by atoms with van der Waals surface area (Å²) in [4.78, 5) is 34.3. The average molecular weight is 375 g/mol. The Morgan fingerprint density at radius 1 is 1.22 bits per heavy atom. The monoisotopic (exact) mass is 375 g/mol. The van der Waals surface area contributed by atoms with Gasteiger partial charge in [-0.2, -0.15) is 5.10 Å². The van der Waals surface area contributed by atoms with Gasteiger partial charge in [0.05, 0.1) is 11.1 Å². The van der Waals surface area contributed by atoms with Crippen molar-refractivity contribution in [2.45, 2.75) is 57.7 Å². The number of hydrogen-bond donors (Lipinski definition) is 3. The minimum atomic E-state index is -0.883. The third-order valence-electron chi connectivity index (χ3n) is 4.19. The number of nitro groups is 1. The number of amides is 2. The molecule has 0 bridgehead atoms. The fourth-order valence-corrected chi connectivity index (χ4v) is 3.61. The normalized spacial score (nSPS) is 18.8. The van der Waals surface area contributed by atoms with Crippen molar-refractivity contribution in [1.82, 2.24) is 16.1 Å². The molecule has 0 spiro atoms. The number of carbonyl (C=O) groups is 2. The molecule has 0 aromatic heterocycles. The maximum absolute atomic E-state index is 12.1. The lowest BCUT2D eigenvalue weighted by Gasteiger charge is -2.46. The molecule has 3 N–H and O–H groups in total. The van der Waals surface area contributed by atoms with Gasteiger partial charge in [0.25, 0.3) is 5.69 Å². The summed E-state index contributed by atoms with van der Waals surface area (Å²) in [5.41, 5.74) is 2.18. The summed E-state index contributed by atoms with van der Waals surface area (Å²) in [5, 5.41) is 20.7. The summed E-state index contributed by atoms with van der Waals surface area (Å²) < 4.78 is 0. The van der Waals surface area contributed by atoms with E-state index in [9.17, 15) is 19.7 Å². The largest absolute Gasteiger partial charge is 0.345 e. The van der Waals surface area contributed by atoms with Gasteiger partial charge in [0, 0.05) is 34.8 Å². The fourth-order valence-electron chi connectivity index (χ4n) is 3.61. The number of hydrogen-bond acceptors (Lipinski definition) is 6. The molecule has 0 aliphatic carbocycles. The van der Waals surface area contributed by atoms with Crippen molar-refractivity contribution in [3.8, 4) is 0 Å². The number of rotatable bonds is 4. The SMILES string of the molecule is CC1(C)CC(NC(=O)C(=O)N/N=C\c2cccc([N+](=O)[O-])c2)CC(C)(C)N1. The summed E-state index contributed by atoms with van der Waals surface area (Å²) in [6.07, 6.45) is 2.65. The first kappa shape index (κ1) is 20.5. The van der Waals surface area contributed by atoms with Crippen molar-refractivity contribution in [3.05, 3.63) is 39.9 Å². The molecule has 0 unspecified atom stereocenters. The second-order valence-electron chi connectivity index (χ2n) is 8.02. The highest BCUT2D eigenvalue weighted by atomic mass is 16.6. The van der Waals surface area contributed by atoms with Crippen LogP contribution in [0, 0.1) is 10.1 Å². The number of nitrogens with one attached hydrogen (secondary N) is 3. The van der Waals surface area contributed by atoms with E-state index >= 15 is 0 Å². The molecule has 2 rings (SSSR count). The molecule has 1 heterocycles. The van der Waals surface area contributed by atoms with Crippen molar-refractivity contribution in [2.24, 2.45) is 5.10 Å². The lowest BCUT2D eigenvalue weighted by Crippen LogP contribution is -2.62.